The maximum absolute atomic E-state index is 13.0. The van der Waals surface area contributed by atoms with Crippen molar-refractivity contribution < 1.29 is 14.4 Å². The van der Waals surface area contributed by atoms with Crippen molar-refractivity contribution in [3.05, 3.63) is 52.2 Å². The summed E-state index contributed by atoms with van der Waals surface area (Å²) in [4.78, 5) is 44.7. The van der Waals surface area contributed by atoms with Crippen molar-refractivity contribution >= 4 is 34.9 Å². The number of benzene rings is 1. The van der Waals surface area contributed by atoms with Crippen LogP contribution in [0.5, 0.6) is 0 Å². The number of urea groups is 1. The maximum atomic E-state index is 13.0. The Labute approximate surface area is 199 Å². The smallest absolute Gasteiger partial charge is 0.332 e. The van der Waals surface area contributed by atoms with E-state index in [2.05, 4.69) is 28.6 Å². The summed E-state index contributed by atoms with van der Waals surface area (Å²) in [6.07, 6.45) is 2.30. The van der Waals surface area contributed by atoms with Crippen LogP contribution in [0.25, 0.3) is 0 Å². The predicted molar refractivity (Wildman–Crippen MR) is 130 cm³/mol. The van der Waals surface area contributed by atoms with Gasteiger partial charge in [0.1, 0.15) is 12.6 Å². The van der Waals surface area contributed by atoms with Crippen LogP contribution in [-0.2, 0) is 9.59 Å². The molecular formula is C25H32N4O3S. The normalized spacial score (nSPS) is 21.0. The van der Waals surface area contributed by atoms with E-state index in [1.165, 1.54) is 9.78 Å². The molecule has 0 bridgehead atoms. The highest BCUT2D eigenvalue weighted by Crippen LogP contribution is 2.29. The van der Waals surface area contributed by atoms with Crippen molar-refractivity contribution in [1.29, 1.82) is 0 Å². The number of hydrogen-bond acceptors (Lipinski definition) is 5. The Morgan fingerprint density at radius 3 is 2.45 bits per heavy atom. The van der Waals surface area contributed by atoms with Gasteiger partial charge in [-0.05, 0) is 69.3 Å². The summed E-state index contributed by atoms with van der Waals surface area (Å²) in [5, 5.41) is 5.04. The standard InChI is InChI=1S/C25H32N4O3S/c1-17-6-8-20(9-7-17)29-19(3)24(31)28(25(29)32)16-23(30)26-15-21(22-5-4-14-33-22)27-12-10-18(2)11-13-27/h4-9,14,18-19,21H,10-13,15-16H2,1-3H3,(H,26,30). The molecule has 176 valence electrons. The molecule has 2 fully saturated rings. The summed E-state index contributed by atoms with van der Waals surface area (Å²) in [5.74, 6) is 0.0580. The highest BCUT2D eigenvalue weighted by Gasteiger charge is 2.44. The number of hydrogen-bond donors (Lipinski definition) is 1. The number of likely N-dealkylation sites (tertiary alicyclic amines) is 1. The van der Waals surface area contributed by atoms with E-state index in [1.54, 1.807) is 18.3 Å². The lowest BCUT2D eigenvalue weighted by atomic mass is 9.97. The molecule has 2 aliphatic rings. The fraction of sp³-hybridized carbons (Fsp3) is 0.480. The van der Waals surface area contributed by atoms with Crippen LogP contribution in [0, 0.1) is 12.8 Å². The van der Waals surface area contributed by atoms with Crippen molar-refractivity contribution in [3.8, 4) is 0 Å². The molecular weight excluding hydrogens is 436 g/mol. The fourth-order valence-corrected chi connectivity index (χ4v) is 5.41. The Bertz CT molecular complexity index is 984. The minimum Gasteiger partial charge on any atom is -0.353 e. The van der Waals surface area contributed by atoms with E-state index in [1.807, 2.05) is 37.3 Å². The van der Waals surface area contributed by atoms with Crippen LogP contribution >= 0.6 is 11.3 Å². The van der Waals surface area contributed by atoms with Gasteiger partial charge >= 0.3 is 6.03 Å². The van der Waals surface area contributed by atoms with Gasteiger partial charge in [-0.25, -0.2) is 4.79 Å². The van der Waals surface area contributed by atoms with Gasteiger partial charge in [-0.15, -0.1) is 11.3 Å². The van der Waals surface area contributed by atoms with Gasteiger partial charge in [0, 0.05) is 17.1 Å². The molecule has 4 amide bonds. The number of piperidine rings is 1. The Hall–Kier alpha value is -2.71. The number of anilines is 1. The number of aryl methyl sites for hydroxylation is 1. The summed E-state index contributed by atoms with van der Waals surface area (Å²) >= 11 is 1.69. The average molecular weight is 469 g/mol. The van der Waals surface area contributed by atoms with Crippen LogP contribution in [0.15, 0.2) is 41.8 Å². The molecule has 8 heteroatoms. The van der Waals surface area contributed by atoms with Gasteiger partial charge in [0.25, 0.3) is 5.91 Å². The van der Waals surface area contributed by atoms with Gasteiger partial charge in [0.05, 0.1) is 6.04 Å². The number of rotatable bonds is 7. The van der Waals surface area contributed by atoms with E-state index in [-0.39, 0.29) is 24.4 Å². The third-order valence-electron chi connectivity index (χ3n) is 6.68. The van der Waals surface area contributed by atoms with Crippen LogP contribution in [-0.4, -0.2) is 59.9 Å². The summed E-state index contributed by atoms with van der Waals surface area (Å²) < 4.78 is 0. The van der Waals surface area contributed by atoms with Crippen LogP contribution in [0.2, 0.25) is 0 Å². The minimum atomic E-state index is -0.637. The second kappa shape index (κ2) is 10.1. The second-order valence-corrected chi connectivity index (χ2v) is 10.1. The Balaban J connectivity index is 1.39. The lowest BCUT2D eigenvalue weighted by Crippen LogP contribution is -2.45. The van der Waals surface area contributed by atoms with Gasteiger partial charge in [0.2, 0.25) is 5.91 Å². The lowest BCUT2D eigenvalue weighted by Gasteiger charge is -2.36. The van der Waals surface area contributed by atoms with E-state index in [0.29, 0.717) is 12.2 Å². The Morgan fingerprint density at radius 2 is 1.82 bits per heavy atom. The van der Waals surface area contributed by atoms with Gasteiger partial charge < -0.3 is 5.32 Å². The fourth-order valence-electron chi connectivity index (χ4n) is 4.55. The van der Waals surface area contributed by atoms with E-state index in [0.717, 1.165) is 42.3 Å². The SMILES string of the molecule is Cc1ccc(N2C(=O)N(CC(=O)NCC(c3cccs3)N3CCC(C)CC3)C(=O)C2C)cc1. The summed E-state index contributed by atoms with van der Waals surface area (Å²) in [6, 6.07) is 10.6. The molecule has 7 nitrogen and oxygen atoms in total. The Kier molecular flexibility index (Phi) is 7.14. The van der Waals surface area contributed by atoms with Crippen molar-refractivity contribution in [2.45, 2.75) is 45.7 Å². The molecule has 0 radical (unpaired) electrons. The first kappa shape index (κ1) is 23.4. The predicted octanol–water partition coefficient (Wildman–Crippen LogP) is 3.80. The number of amides is 4. The van der Waals surface area contributed by atoms with Gasteiger partial charge in [-0.2, -0.15) is 0 Å². The first-order valence-corrected chi connectivity index (χ1v) is 12.5. The third-order valence-corrected chi connectivity index (χ3v) is 7.66. The molecule has 33 heavy (non-hydrogen) atoms. The molecule has 2 saturated heterocycles. The number of imide groups is 1. The zero-order valence-corrected chi connectivity index (χ0v) is 20.3. The molecule has 2 unspecified atom stereocenters. The van der Waals surface area contributed by atoms with Crippen LogP contribution in [0.3, 0.4) is 0 Å². The van der Waals surface area contributed by atoms with Crippen molar-refractivity contribution in [2.75, 3.05) is 31.1 Å². The van der Waals surface area contributed by atoms with Crippen molar-refractivity contribution in [3.63, 3.8) is 0 Å². The second-order valence-electron chi connectivity index (χ2n) is 9.14. The number of thiophene rings is 1. The molecule has 1 N–H and O–H groups in total. The quantitative estimate of drug-likeness (QED) is 0.628. The van der Waals surface area contributed by atoms with Gasteiger partial charge in [-0.3, -0.25) is 24.3 Å². The molecule has 0 saturated carbocycles. The lowest BCUT2D eigenvalue weighted by molar-refractivity contribution is -0.132. The zero-order valence-electron chi connectivity index (χ0n) is 19.5. The van der Waals surface area contributed by atoms with E-state index in [4.69, 9.17) is 0 Å². The number of carbonyl (C=O) groups excluding carboxylic acids is 3. The molecule has 2 aromatic rings. The number of carbonyl (C=O) groups is 3. The molecule has 1 aromatic carbocycles. The van der Waals surface area contributed by atoms with Gasteiger partial charge in [-0.1, -0.05) is 30.7 Å². The zero-order chi connectivity index (χ0) is 23.5. The first-order chi connectivity index (χ1) is 15.8. The molecule has 2 atom stereocenters. The molecule has 2 aliphatic heterocycles. The molecule has 1 aromatic heterocycles. The summed E-state index contributed by atoms with van der Waals surface area (Å²) in [7, 11) is 0. The number of nitrogens with zero attached hydrogens (tertiary/aromatic N) is 3. The summed E-state index contributed by atoms with van der Waals surface area (Å²) in [5.41, 5.74) is 1.73. The average Bonchev–Trinajstić information content (AvgIpc) is 3.40. The third kappa shape index (κ3) is 5.12. The van der Waals surface area contributed by atoms with Crippen molar-refractivity contribution in [1.82, 2.24) is 15.1 Å². The van der Waals surface area contributed by atoms with E-state index >= 15 is 0 Å². The van der Waals surface area contributed by atoms with Gasteiger partial charge in [0.15, 0.2) is 0 Å². The van der Waals surface area contributed by atoms with Crippen LogP contribution in [0.1, 0.15) is 43.2 Å². The molecule has 0 aliphatic carbocycles. The highest BCUT2D eigenvalue weighted by molar-refractivity contribution is 7.10. The maximum Gasteiger partial charge on any atom is 0.332 e. The largest absolute Gasteiger partial charge is 0.353 e. The van der Waals surface area contributed by atoms with E-state index < -0.39 is 12.1 Å². The minimum absolute atomic E-state index is 0.106. The first-order valence-electron chi connectivity index (χ1n) is 11.6. The van der Waals surface area contributed by atoms with Crippen LogP contribution < -0.4 is 10.2 Å². The highest BCUT2D eigenvalue weighted by atomic mass is 32.1. The van der Waals surface area contributed by atoms with Crippen molar-refractivity contribution in [2.24, 2.45) is 5.92 Å². The molecule has 3 heterocycles. The van der Waals surface area contributed by atoms with E-state index in [9.17, 15) is 14.4 Å². The summed E-state index contributed by atoms with van der Waals surface area (Å²) in [6.45, 7) is 8.15. The topological polar surface area (TPSA) is 73.0 Å². The molecule has 0 spiro atoms. The molecule has 4 rings (SSSR count). The van der Waals surface area contributed by atoms with Crippen LogP contribution in [0.4, 0.5) is 10.5 Å². The number of nitrogens with one attached hydrogen (secondary N) is 1. The Morgan fingerprint density at radius 1 is 1.12 bits per heavy atom. The monoisotopic (exact) mass is 468 g/mol.